The number of esters is 1. The summed E-state index contributed by atoms with van der Waals surface area (Å²) in [4.78, 5) is 42.3. The zero-order valence-electron chi connectivity index (χ0n) is 18.8. The molecule has 1 saturated heterocycles. The molecule has 0 saturated carbocycles. The van der Waals surface area contributed by atoms with Gasteiger partial charge in [0, 0.05) is 13.1 Å². The molecule has 2 heterocycles. The number of amides is 2. The molecule has 0 N–H and O–H groups in total. The van der Waals surface area contributed by atoms with Gasteiger partial charge in [0.05, 0.1) is 23.4 Å². The molecule has 6 nitrogen and oxygen atoms in total. The number of halogens is 1. The number of benzene rings is 2. The van der Waals surface area contributed by atoms with Crippen molar-refractivity contribution in [2.75, 3.05) is 24.6 Å². The van der Waals surface area contributed by atoms with Crippen LogP contribution in [0.1, 0.15) is 49.0 Å². The van der Waals surface area contributed by atoms with Gasteiger partial charge in [-0.25, -0.2) is 14.1 Å². The molecule has 172 valence electrons. The van der Waals surface area contributed by atoms with E-state index in [1.54, 1.807) is 24.3 Å². The van der Waals surface area contributed by atoms with E-state index >= 15 is 0 Å². The van der Waals surface area contributed by atoms with Crippen molar-refractivity contribution >= 4 is 29.0 Å². The van der Waals surface area contributed by atoms with Crippen molar-refractivity contribution in [3.63, 3.8) is 0 Å². The lowest BCUT2D eigenvalue weighted by Crippen LogP contribution is -2.38. The molecule has 2 aromatic carbocycles. The maximum atomic E-state index is 13.5. The minimum Gasteiger partial charge on any atom is -0.462 e. The lowest BCUT2D eigenvalue weighted by Gasteiger charge is -2.32. The third kappa shape index (κ3) is 4.53. The number of piperidine rings is 1. The second-order valence-electron chi connectivity index (χ2n) is 8.53. The van der Waals surface area contributed by atoms with Gasteiger partial charge in [-0.3, -0.25) is 9.59 Å². The summed E-state index contributed by atoms with van der Waals surface area (Å²) in [6.07, 6.45) is 2.57. The predicted molar refractivity (Wildman–Crippen MR) is 123 cm³/mol. The Morgan fingerprint density at radius 3 is 2.24 bits per heavy atom. The molecule has 0 aromatic heterocycles. The maximum absolute atomic E-state index is 13.5. The van der Waals surface area contributed by atoms with Crippen molar-refractivity contribution in [2.24, 2.45) is 5.92 Å². The molecule has 0 unspecified atom stereocenters. The molecule has 2 aliphatic rings. The molecule has 2 aromatic rings. The van der Waals surface area contributed by atoms with Crippen molar-refractivity contribution in [3.8, 4) is 0 Å². The third-order valence-corrected chi connectivity index (χ3v) is 6.09. The van der Waals surface area contributed by atoms with E-state index in [0.717, 1.165) is 24.2 Å². The number of carbonyl (C=O) groups excluding carboxylic acids is 3. The molecule has 7 heteroatoms. The summed E-state index contributed by atoms with van der Waals surface area (Å²) in [5, 5.41) is 0. The normalized spacial score (nSPS) is 17.2. The molecule has 0 aliphatic carbocycles. The third-order valence-electron chi connectivity index (χ3n) is 6.09. The van der Waals surface area contributed by atoms with Crippen LogP contribution in [0.4, 0.5) is 10.1 Å². The first kappa shape index (κ1) is 22.7. The Hall–Kier alpha value is -3.48. The number of rotatable bonds is 6. The average Bonchev–Trinajstić information content (AvgIpc) is 3.08. The number of ether oxygens (including phenoxy) is 1. The van der Waals surface area contributed by atoms with Gasteiger partial charge >= 0.3 is 5.97 Å². The van der Waals surface area contributed by atoms with Crippen LogP contribution in [0.15, 0.2) is 54.2 Å². The second kappa shape index (κ2) is 9.57. The average molecular weight is 451 g/mol. The fourth-order valence-electron chi connectivity index (χ4n) is 4.18. The van der Waals surface area contributed by atoms with E-state index in [0.29, 0.717) is 48.1 Å². The molecular formula is C26H27FN2O4. The number of imide groups is 1. The molecular weight excluding hydrogens is 423 g/mol. The van der Waals surface area contributed by atoms with Crippen LogP contribution in [0, 0.1) is 11.7 Å². The van der Waals surface area contributed by atoms with Crippen LogP contribution in [0.5, 0.6) is 0 Å². The SMILES string of the molecule is CCCOC(=O)c1ccc(N2C(=O)C(c3ccc(F)cc3)=C(N3CCC(C)CC3)C2=O)cc1. The number of hydrogen-bond acceptors (Lipinski definition) is 5. The molecule has 1 fully saturated rings. The van der Waals surface area contributed by atoms with E-state index in [9.17, 15) is 18.8 Å². The van der Waals surface area contributed by atoms with Crippen molar-refractivity contribution in [2.45, 2.75) is 33.1 Å². The van der Waals surface area contributed by atoms with Gasteiger partial charge < -0.3 is 9.64 Å². The van der Waals surface area contributed by atoms with Gasteiger partial charge in [0.2, 0.25) is 0 Å². The highest BCUT2D eigenvalue weighted by molar-refractivity contribution is 6.45. The number of carbonyl (C=O) groups is 3. The minimum atomic E-state index is -0.457. The Kier molecular flexibility index (Phi) is 6.58. The lowest BCUT2D eigenvalue weighted by atomic mass is 9.97. The summed E-state index contributed by atoms with van der Waals surface area (Å²) in [6.45, 7) is 5.76. The predicted octanol–water partition coefficient (Wildman–Crippen LogP) is 4.41. The first-order valence-corrected chi connectivity index (χ1v) is 11.3. The minimum absolute atomic E-state index is 0.279. The topological polar surface area (TPSA) is 66.9 Å². The van der Waals surface area contributed by atoms with Crippen LogP contribution in [0.3, 0.4) is 0 Å². The zero-order valence-corrected chi connectivity index (χ0v) is 18.8. The summed E-state index contributed by atoms with van der Waals surface area (Å²) >= 11 is 0. The summed E-state index contributed by atoms with van der Waals surface area (Å²) in [6, 6.07) is 11.9. The first-order valence-electron chi connectivity index (χ1n) is 11.3. The van der Waals surface area contributed by atoms with Gasteiger partial charge in [0.15, 0.2) is 0 Å². The number of hydrogen-bond donors (Lipinski definition) is 0. The van der Waals surface area contributed by atoms with Crippen LogP contribution in [0.2, 0.25) is 0 Å². The highest BCUT2D eigenvalue weighted by Gasteiger charge is 2.43. The monoisotopic (exact) mass is 450 g/mol. The van der Waals surface area contributed by atoms with Gasteiger partial charge in [0.1, 0.15) is 11.5 Å². The second-order valence-corrected chi connectivity index (χ2v) is 8.53. The smallest absolute Gasteiger partial charge is 0.338 e. The van der Waals surface area contributed by atoms with E-state index in [2.05, 4.69) is 6.92 Å². The van der Waals surface area contributed by atoms with E-state index in [4.69, 9.17) is 4.74 Å². The van der Waals surface area contributed by atoms with Gasteiger partial charge in [-0.2, -0.15) is 0 Å². The summed E-state index contributed by atoms with van der Waals surface area (Å²) in [7, 11) is 0. The Labute approximate surface area is 192 Å². The Morgan fingerprint density at radius 1 is 1.00 bits per heavy atom. The Balaban J connectivity index is 1.68. The van der Waals surface area contributed by atoms with E-state index in [1.807, 2.05) is 11.8 Å². The molecule has 4 rings (SSSR count). The molecule has 33 heavy (non-hydrogen) atoms. The first-order chi connectivity index (χ1) is 15.9. The van der Waals surface area contributed by atoms with Gasteiger partial charge in [-0.1, -0.05) is 26.0 Å². The fraction of sp³-hybridized carbons (Fsp3) is 0.346. The summed E-state index contributed by atoms with van der Waals surface area (Å²) < 4.78 is 18.7. The quantitative estimate of drug-likeness (QED) is 0.482. The van der Waals surface area contributed by atoms with Crippen LogP contribution in [0.25, 0.3) is 5.57 Å². The zero-order chi connectivity index (χ0) is 23.5. The highest BCUT2D eigenvalue weighted by Crippen LogP contribution is 2.36. The molecule has 0 atom stereocenters. The maximum Gasteiger partial charge on any atom is 0.338 e. The lowest BCUT2D eigenvalue weighted by molar-refractivity contribution is -0.120. The number of likely N-dealkylation sites (tertiary alicyclic amines) is 1. The molecule has 0 radical (unpaired) electrons. The fourth-order valence-corrected chi connectivity index (χ4v) is 4.18. The van der Waals surface area contributed by atoms with Crippen molar-refractivity contribution < 1.29 is 23.5 Å². The Morgan fingerprint density at radius 2 is 1.64 bits per heavy atom. The Bertz CT molecular complexity index is 1080. The van der Waals surface area contributed by atoms with Crippen LogP contribution in [-0.2, 0) is 14.3 Å². The summed E-state index contributed by atoms with van der Waals surface area (Å²) in [5.41, 5.74) is 1.86. The van der Waals surface area contributed by atoms with Gasteiger partial charge in [-0.15, -0.1) is 0 Å². The summed E-state index contributed by atoms with van der Waals surface area (Å²) in [5.74, 6) is -1.17. The van der Waals surface area contributed by atoms with Crippen molar-refractivity contribution in [3.05, 3.63) is 71.2 Å². The van der Waals surface area contributed by atoms with Crippen LogP contribution >= 0.6 is 0 Å². The van der Waals surface area contributed by atoms with E-state index in [-0.39, 0.29) is 5.57 Å². The standard InChI is InChI=1S/C26H27FN2O4/c1-3-16-33-26(32)19-6-10-21(11-7-19)29-24(30)22(18-4-8-20(27)9-5-18)23(25(29)31)28-14-12-17(2)13-15-28/h4-11,17H,3,12-16H2,1-2H3. The van der Waals surface area contributed by atoms with Crippen molar-refractivity contribution in [1.82, 2.24) is 4.90 Å². The molecule has 2 amide bonds. The highest BCUT2D eigenvalue weighted by atomic mass is 19.1. The molecule has 0 spiro atoms. The number of nitrogens with zero attached hydrogens (tertiary/aromatic N) is 2. The van der Waals surface area contributed by atoms with Crippen LogP contribution in [-0.4, -0.2) is 42.4 Å². The van der Waals surface area contributed by atoms with Crippen molar-refractivity contribution in [1.29, 1.82) is 0 Å². The van der Waals surface area contributed by atoms with E-state index in [1.165, 1.54) is 24.3 Å². The number of anilines is 1. The van der Waals surface area contributed by atoms with Crippen LogP contribution < -0.4 is 4.90 Å². The van der Waals surface area contributed by atoms with E-state index < -0.39 is 23.6 Å². The molecule has 2 aliphatic heterocycles. The van der Waals surface area contributed by atoms with Gasteiger partial charge in [-0.05, 0) is 67.1 Å². The molecule has 0 bridgehead atoms. The largest absolute Gasteiger partial charge is 0.462 e. The van der Waals surface area contributed by atoms with Gasteiger partial charge in [0.25, 0.3) is 11.8 Å².